The maximum Gasteiger partial charge on any atom is 0.339 e. The molecule has 7 nitrogen and oxygen atoms in total. The van der Waals surface area contributed by atoms with E-state index in [1.54, 1.807) is 0 Å². The number of carbonyl (C=O) groups is 1. The van der Waals surface area contributed by atoms with Crippen molar-refractivity contribution in [2.75, 3.05) is 0 Å². The van der Waals surface area contributed by atoms with Crippen molar-refractivity contribution in [3.8, 4) is 5.75 Å². The fourth-order valence-corrected chi connectivity index (χ4v) is 1.61. The number of hydrogen-bond acceptors (Lipinski definition) is 5. The number of aliphatic imine (C=N–C) groups is 1. The largest absolute Gasteiger partial charge is 0.507 e. The molecule has 0 radical (unpaired) electrons. The van der Waals surface area contributed by atoms with Gasteiger partial charge in [-0.1, -0.05) is 0 Å². The van der Waals surface area contributed by atoms with E-state index in [-0.39, 0.29) is 17.0 Å². The highest BCUT2D eigenvalue weighted by molar-refractivity contribution is 5.91. The summed E-state index contributed by atoms with van der Waals surface area (Å²) in [6.07, 6.45) is 1.46. The maximum atomic E-state index is 10.7. The van der Waals surface area contributed by atoms with Crippen LogP contribution in [0.25, 0.3) is 0 Å². The summed E-state index contributed by atoms with van der Waals surface area (Å²) in [7, 11) is 0. The number of carboxylic acids is 1. The second kappa shape index (κ2) is 5.83. The first-order valence-electron chi connectivity index (χ1n) is 5.82. The summed E-state index contributed by atoms with van der Waals surface area (Å²) in [4.78, 5) is 24.8. The van der Waals surface area contributed by atoms with E-state index in [0.717, 1.165) is 0 Å². The molecule has 0 fully saturated rings. The number of nitro groups is 1. The van der Waals surface area contributed by atoms with Crippen molar-refractivity contribution < 1.29 is 19.9 Å². The third kappa shape index (κ3) is 3.41. The standard InChI is InChI=1S/C14H10N2O5/c17-13-7-10(3-6-12(13)14(18)19)15-8-9-1-4-11(5-2-9)16(20)21/h1-8,17H,(H,18,19). The van der Waals surface area contributed by atoms with Gasteiger partial charge in [0.2, 0.25) is 0 Å². The van der Waals surface area contributed by atoms with Gasteiger partial charge in [-0.05, 0) is 29.8 Å². The van der Waals surface area contributed by atoms with Crippen molar-refractivity contribution in [3.05, 3.63) is 63.7 Å². The van der Waals surface area contributed by atoms with E-state index >= 15 is 0 Å². The van der Waals surface area contributed by atoms with Gasteiger partial charge in [0.05, 0.1) is 10.6 Å². The summed E-state index contributed by atoms with van der Waals surface area (Å²) in [6, 6.07) is 9.70. The van der Waals surface area contributed by atoms with Crippen LogP contribution >= 0.6 is 0 Å². The van der Waals surface area contributed by atoms with Crippen LogP contribution in [0.2, 0.25) is 0 Å². The Morgan fingerprint density at radius 1 is 1.19 bits per heavy atom. The molecule has 0 bridgehead atoms. The molecule has 2 aromatic rings. The molecule has 21 heavy (non-hydrogen) atoms. The molecule has 2 aromatic carbocycles. The van der Waals surface area contributed by atoms with E-state index in [2.05, 4.69) is 4.99 Å². The molecule has 2 rings (SSSR count). The number of aromatic hydroxyl groups is 1. The van der Waals surface area contributed by atoms with Gasteiger partial charge in [0.15, 0.2) is 0 Å². The van der Waals surface area contributed by atoms with Crippen LogP contribution in [-0.4, -0.2) is 27.3 Å². The lowest BCUT2D eigenvalue weighted by molar-refractivity contribution is -0.384. The molecule has 0 saturated heterocycles. The fraction of sp³-hybridized carbons (Fsp3) is 0. The predicted molar refractivity (Wildman–Crippen MR) is 75.4 cm³/mol. The zero-order chi connectivity index (χ0) is 15.4. The first-order valence-corrected chi connectivity index (χ1v) is 5.82. The van der Waals surface area contributed by atoms with Crippen molar-refractivity contribution in [1.29, 1.82) is 0 Å². The van der Waals surface area contributed by atoms with Crippen molar-refractivity contribution in [2.45, 2.75) is 0 Å². The Hall–Kier alpha value is -3.22. The van der Waals surface area contributed by atoms with Gasteiger partial charge in [-0.2, -0.15) is 0 Å². The van der Waals surface area contributed by atoms with Crippen LogP contribution in [-0.2, 0) is 0 Å². The number of nitro benzene ring substituents is 1. The van der Waals surface area contributed by atoms with E-state index in [1.807, 2.05) is 0 Å². The lowest BCUT2D eigenvalue weighted by atomic mass is 10.2. The third-order valence-electron chi connectivity index (χ3n) is 2.68. The van der Waals surface area contributed by atoms with E-state index in [1.165, 1.54) is 48.7 Å². The predicted octanol–water partition coefficient (Wildman–Crippen LogP) is 2.75. The summed E-state index contributed by atoms with van der Waals surface area (Å²) in [5.41, 5.74) is 0.790. The van der Waals surface area contributed by atoms with Gasteiger partial charge in [0.1, 0.15) is 11.3 Å². The molecule has 0 aliphatic heterocycles. The molecule has 0 aliphatic rings. The summed E-state index contributed by atoms with van der Waals surface area (Å²) >= 11 is 0. The molecule has 0 spiro atoms. The molecule has 0 aromatic heterocycles. The quantitative estimate of drug-likeness (QED) is 0.509. The van der Waals surface area contributed by atoms with Crippen LogP contribution in [0.1, 0.15) is 15.9 Å². The minimum Gasteiger partial charge on any atom is -0.507 e. The molecule has 0 amide bonds. The van der Waals surface area contributed by atoms with Crippen LogP contribution < -0.4 is 0 Å². The number of aromatic carboxylic acids is 1. The van der Waals surface area contributed by atoms with Crippen molar-refractivity contribution >= 4 is 23.6 Å². The zero-order valence-corrected chi connectivity index (χ0v) is 10.6. The van der Waals surface area contributed by atoms with Crippen molar-refractivity contribution in [2.24, 2.45) is 4.99 Å². The first kappa shape index (κ1) is 14.2. The number of benzene rings is 2. The molecule has 106 valence electrons. The molecular weight excluding hydrogens is 276 g/mol. The van der Waals surface area contributed by atoms with Gasteiger partial charge in [0.25, 0.3) is 5.69 Å². The molecule has 0 heterocycles. The summed E-state index contributed by atoms with van der Waals surface area (Å²) < 4.78 is 0. The summed E-state index contributed by atoms with van der Waals surface area (Å²) in [5, 5.41) is 28.8. The topological polar surface area (TPSA) is 113 Å². The van der Waals surface area contributed by atoms with Crippen LogP contribution in [0.3, 0.4) is 0 Å². The summed E-state index contributed by atoms with van der Waals surface area (Å²) in [6.45, 7) is 0. The fourth-order valence-electron chi connectivity index (χ4n) is 1.61. The number of carboxylic acid groups (broad SMARTS) is 1. The average Bonchev–Trinajstić information content (AvgIpc) is 2.45. The van der Waals surface area contributed by atoms with E-state index in [4.69, 9.17) is 5.11 Å². The average molecular weight is 286 g/mol. The van der Waals surface area contributed by atoms with E-state index in [9.17, 15) is 20.0 Å². The highest BCUT2D eigenvalue weighted by Gasteiger charge is 2.09. The molecule has 2 N–H and O–H groups in total. The highest BCUT2D eigenvalue weighted by Crippen LogP contribution is 2.24. The molecule has 0 aliphatic carbocycles. The van der Waals surface area contributed by atoms with Crippen LogP contribution in [0.4, 0.5) is 11.4 Å². The van der Waals surface area contributed by atoms with Gasteiger partial charge in [-0.3, -0.25) is 15.1 Å². The summed E-state index contributed by atoms with van der Waals surface area (Å²) in [5.74, 6) is -1.60. The minimum atomic E-state index is -1.22. The van der Waals surface area contributed by atoms with Gasteiger partial charge >= 0.3 is 5.97 Å². The molecule has 0 atom stereocenters. The van der Waals surface area contributed by atoms with Crippen LogP contribution in [0.15, 0.2) is 47.5 Å². The second-order valence-corrected chi connectivity index (χ2v) is 4.11. The number of nitrogens with zero attached hydrogens (tertiary/aromatic N) is 2. The molecule has 0 unspecified atom stereocenters. The molecule has 0 saturated carbocycles. The zero-order valence-electron chi connectivity index (χ0n) is 10.6. The number of non-ortho nitro benzene ring substituents is 1. The Morgan fingerprint density at radius 2 is 1.86 bits per heavy atom. The minimum absolute atomic E-state index is 0.0180. The maximum absolute atomic E-state index is 10.7. The van der Waals surface area contributed by atoms with Gasteiger partial charge in [-0.15, -0.1) is 0 Å². The monoisotopic (exact) mass is 286 g/mol. The highest BCUT2D eigenvalue weighted by atomic mass is 16.6. The van der Waals surface area contributed by atoms with Gasteiger partial charge in [-0.25, -0.2) is 4.79 Å². The Balaban J connectivity index is 2.19. The van der Waals surface area contributed by atoms with Crippen LogP contribution in [0.5, 0.6) is 5.75 Å². The number of hydrogen-bond donors (Lipinski definition) is 2. The van der Waals surface area contributed by atoms with Crippen molar-refractivity contribution in [1.82, 2.24) is 0 Å². The third-order valence-corrected chi connectivity index (χ3v) is 2.68. The smallest absolute Gasteiger partial charge is 0.339 e. The Morgan fingerprint density at radius 3 is 2.38 bits per heavy atom. The van der Waals surface area contributed by atoms with Gasteiger partial charge in [0, 0.05) is 24.4 Å². The lowest BCUT2D eigenvalue weighted by Crippen LogP contribution is -1.95. The molecular formula is C14H10N2O5. The first-order chi connectivity index (χ1) is 9.97. The van der Waals surface area contributed by atoms with E-state index in [0.29, 0.717) is 11.3 Å². The Kier molecular flexibility index (Phi) is 3.94. The normalized spacial score (nSPS) is 10.7. The lowest BCUT2D eigenvalue weighted by Gasteiger charge is -2.00. The number of rotatable bonds is 4. The molecule has 7 heteroatoms. The number of phenols is 1. The SMILES string of the molecule is O=C(O)c1ccc(N=Cc2ccc([N+](=O)[O-])cc2)cc1O. The second-order valence-electron chi connectivity index (χ2n) is 4.11. The van der Waals surface area contributed by atoms with Crippen LogP contribution in [0, 0.1) is 10.1 Å². The van der Waals surface area contributed by atoms with Crippen molar-refractivity contribution in [3.63, 3.8) is 0 Å². The van der Waals surface area contributed by atoms with E-state index < -0.39 is 10.9 Å². The Bertz CT molecular complexity index is 723. The van der Waals surface area contributed by atoms with Gasteiger partial charge < -0.3 is 10.2 Å². The Labute approximate surface area is 119 Å².